The smallest absolute Gasteiger partial charge is 0.261 e. The van der Waals surface area contributed by atoms with Crippen molar-refractivity contribution in [3.05, 3.63) is 53.1 Å². The summed E-state index contributed by atoms with van der Waals surface area (Å²) >= 11 is 0. The van der Waals surface area contributed by atoms with Crippen molar-refractivity contribution in [3.63, 3.8) is 0 Å². The molecule has 27 heavy (non-hydrogen) atoms. The number of ether oxygens (including phenoxy) is 1. The van der Waals surface area contributed by atoms with Crippen LogP contribution in [0.2, 0.25) is 0 Å². The highest BCUT2D eigenvalue weighted by molar-refractivity contribution is 7.92. The van der Waals surface area contributed by atoms with Gasteiger partial charge >= 0.3 is 0 Å². The van der Waals surface area contributed by atoms with Crippen LogP contribution in [0, 0.1) is 13.8 Å². The molecule has 1 heterocycles. The number of methoxy groups -OCH3 is 1. The Morgan fingerprint density at radius 2 is 1.81 bits per heavy atom. The molecule has 0 spiro atoms. The van der Waals surface area contributed by atoms with Gasteiger partial charge in [0, 0.05) is 13.1 Å². The quantitative estimate of drug-likeness (QED) is 0.852. The Labute approximate surface area is 160 Å². The Kier molecular flexibility index (Phi) is 5.41. The van der Waals surface area contributed by atoms with Crippen LogP contribution in [-0.4, -0.2) is 39.4 Å². The fourth-order valence-electron chi connectivity index (χ4n) is 3.18. The number of likely N-dealkylation sites (tertiary alicyclic amines) is 1. The van der Waals surface area contributed by atoms with Gasteiger partial charge in [-0.15, -0.1) is 0 Å². The molecule has 1 fully saturated rings. The van der Waals surface area contributed by atoms with E-state index >= 15 is 0 Å². The summed E-state index contributed by atoms with van der Waals surface area (Å²) in [6.07, 6.45) is 1.92. The summed E-state index contributed by atoms with van der Waals surface area (Å²) in [5.41, 5.74) is 2.65. The summed E-state index contributed by atoms with van der Waals surface area (Å²) in [7, 11) is -2.36. The van der Waals surface area contributed by atoms with Gasteiger partial charge in [0.15, 0.2) is 0 Å². The highest BCUT2D eigenvalue weighted by atomic mass is 32.2. The van der Waals surface area contributed by atoms with Crippen molar-refractivity contribution >= 4 is 21.6 Å². The van der Waals surface area contributed by atoms with Gasteiger partial charge < -0.3 is 9.64 Å². The maximum absolute atomic E-state index is 12.9. The molecule has 1 saturated heterocycles. The zero-order chi connectivity index (χ0) is 19.6. The molecule has 2 aromatic rings. The van der Waals surface area contributed by atoms with Crippen LogP contribution < -0.4 is 9.46 Å². The first-order chi connectivity index (χ1) is 12.8. The Hall–Kier alpha value is -2.54. The minimum absolute atomic E-state index is 0.0340. The molecule has 1 N–H and O–H groups in total. The minimum atomic E-state index is -3.83. The van der Waals surface area contributed by atoms with Crippen LogP contribution in [-0.2, 0) is 10.0 Å². The standard InChI is InChI=1S/C20H24N2O4S/c1-14-7-6-8-18(15(14)2)21-27(24,25)16-9-10-19(26-3)17(13-16)20(23)22-11-4-5-12-22/h6-10,13,21H,4-5,11-12H2,1-3H3. The molecule has 3 rings (SSSR count). The normalized spacial score (nSPS) is 14.3. The third-order valence-electron chi connectivity index (χ3n) is 4.95. The molecule has 0 saturated carbocycles. The van der Waals surface area contributed by atoms with Crippen LogP contribution in [0.25, 0.3) is 0 Å². The van der Waals surface area contributed by atoms with E-state index in [1.807, 2.05) is 19.9 Å². The molecular weight excluding hydrogens is 364 g/mol. The zero-order valence-corrected chi connectivity index (χ0v) is 16.6. The van der Waals surface area contributed by atoms with Crippen LogP contribution in [0.4, 0.5) is 5.69 Å². The Morgan fingerprint density at radius 3 is 2.48 bits per heavy atom. The van der Waals surface area contributed by atoms with E-state index in [0.29, 0.717) is 24.5 Å². The van der Waals surface area contributed by atoms with Crippen LogP contribution in [0.3, 0.4) is 0 Å². The fourth-order valence-corrected chi connectivity index (χ4v) is 4.33. The van der Waals surface area contributed by atoms with E-state index in [0.717, 1.165) is 24.0 Å². The number of anilines is 1. The lowest BCUT2D eigenvalue weighted by Crippen LogP contribution is -2.28. The molecule has 0 aliphatic carbocycles. The molecule has 1 amide bonds. The average Bonchev–Trinajstić information content (AvgIpc) is 3.19. The maximum Gasteiger partial charge on any atom is 0.261 e. The number of amides is 1. The number of nitrogens with one attached hydrogen (secondary N) is 1. The minimum Gasteiger partial charge on any atom is -0.496 e. The Morgan fingerprint density at radius 1 is 1.11 bits per heavy atom. The summed E-state index contributed by atoms with van der Waals surface area (Å²) in [4.78, 5) is 14.6. The molecule has 0 aromatic heterocycles. The van der Waals surface area contributed by atoms with Crippen LogP contribution in [0.5, 0.6) is 5.75 Å². The summed E-state index contributed by atoms with van der Waals surface area (Å²) < 4.78 is 33.7. The fraction of sp³-hybridized carbons (Fsp3) is 0.350. The number of hydrogen-bond donors (Lipinski definition) is 1. The number of carbonyl (C=O) groups is 1. The Bertz CT molecular complexity index is 964. The van der Waals surface area contributed by atoms with Crippen molar-refractivity contribution in [2.75, 3.05) is 24.9 Å². The molecule has 144 valence electrons. The van der Waals surface area contributed by atoms with Crippen LogP contribution >= 0.6 is 0 Å². The number of carbonyl (C=O) groups excluding carboxylic acids is 1. The lowest BCUT2D eigenvalue weighted by molar-refractivity contribution is 0.0789. The van der Waals surface area contributed by atoms with Gasteiger partial charge in [-0.3, -0.25) is 9.52 Å². The first kappa shape index (κ1) is 19.2. The topological polar surface area (TPSA) is 75.7 Å². The van der Waals surface area contributed by atoms with Gasteiger partial charge in [0.1, 0.15) is 5.75 Å². The first-order valence-electron chi connectivity index (χ1n) is 8.90. The zero-order valence-electron chi connectivity index (χ0n) is 15.8. The van der Waals surface area contributed by atoms with Gasteiger partial charge in [0.2, 0.25) is 0 Å². The van der Waals surface area contributed by atoms with Crippen molar-refractivity contribution < 1.29 is 17.9 Å². The van der Waals surface area contributed by atoms with E-state index in [1.165, 1.54) is 25.3 Å². The number of nitrogens with zero attached hydrogens (tertiary/aromatic N) is 1. The summed E-state index contributed by atoms with van der Waals surface area (Å²) in [6.45, 7) is 5.15. The maximum atomic E-state index is 12.9. The number of hydrogen-bond acceptors (Lipinski definition) is 4. The van der Waals surface area contributed by atoms with Crippen molar-refractivity contribution in [1.29, 1.82) is 0 Å². The molecule has 6 nitrogen and oxygen atoms in total. The second-order valence-electron chi connectivity index (χ2n) is 6.71. The number of benzene rings is 2. The van der Waals surface area contributed by atoms with Gasteiger partial charge in [-0.25, -0.2) is 8.42 Å². The van der Waals surface area contributed by atoms with Gasteiger partial charge in [0.05, 0.1) is 23.3 Å². The van der Waals surface area contributed by atoms with Crippen molar-refractivity contribution in [3.8, 4) is 5.75 Å². The van der Waals surface area contributed by atoms with E-state index in [2.05, 4.69) is 4.72 Å². The van der Waals surface area contributed by atoms with E-state index in [9.17, 15) is 13.2 Å². The molecule has 0 radical (unpaired) electrons. The molecule has 0 unspecified atom stereocenters. The van der Waals surface area contributed by atoms with Crippen molar-refractivity contribution in [2.45, 2.75) is 31.6 Å². The molecule has 2 aromatic carbocycles. The molecule has 1 aliphatic rings. The van der Waals surface area contributed by atoms with Gasteiger partial charge in [-0.05, 0) is 62.1 Å². The largest absolute Gasteiger partial charge is 0.496 e. The summed E-state index contributed by atoms with van der Waals surface area (Å²) in [5, 5.41) is 0. The van der Waals surface area contributed by atoms with Crippen molar-refractivity contribution in [2.24, 2.45) is 0 Å². The second-order valence-corrected chi connectivity index (χ2v) is 8.40. The molecule has 1 aliphatic heterocycles. The van der Waals surface area contributed by atoms with E-state index in [1.54, 1.807) is 17.0 Å². The lowest BCUT2D eigenvalue weighted by atomic mass is 10.1. The van der Waals surface area contributed by atoms with Gasteiger partial charge in [-0.1, -0.05) is 12.1 Å². The predicted molar refractivity (Wildman–Crippen MR) is 105 cm³/mol. The molecule has 0 atom stereocenters. The highest BCUT2D eigenvalue weighted by Crippen LogP contribution is 2.27. The number of sulfonamides is 1. The lowest BCUT2D eigenvalue weighted by Gasteiger charge is -2.18. The second kappa shape index (κ2) is 7.60. The van der Waals surface area contributed by atoms with Crippen LogP contribution in [0.1, 0.15) is 34.3 Å². The molecule has 0 bridgehead atoms. The third kappa shape index (κ3) is 3.93. The predicted octanol–water partition coefficient (Wildman–Crippen LogP) is 3.35. The van der Waals surface area contributed by atoms with Crippen LogP contribution in [0.15, 0.2) is 41.3 Å². The third-order valence-corrected chi connectivity index (χ3v) is 6.32. The monoisotopic (exact) mass is 388 g/mol. The Balaban J connectivity index is 1.97. The summed E-state index contributed by atoms with van der Waals surface area (Å²) in [6, 6.07) is 9.82. The van der Waals surface area contributed by atoms with E-state index in [4.69, 9.17) is 4.74 Å². The highest BCUT2D eigenvalue weighted by Gasteiger charge is 2.25. The SMILES string of the molecule is COc1ccc(S(=O)(=O)Nc2cccc(C)c2C)cc1C(=O)N1CCCC1. The molecule has 7 heteroatoms. The van der Waals surface area contributed by atoms with Gasteiger partial charge in [-0.2, -0.15) is 0 Å². The molecular formula is C20H24N2O4S. The van der Waals surface area contributed by atoms with E-state index in [-0.39, 0.29) is 16.4 Å². The first-order valence-corrected chi connectivity index (χ1v) is 10.4. The summed E-state index contributed by atoms with van der Waals surface area (Å²) in [5.74, 6) is 0.172. The van der Waals surface area contributed by atoms with Gasteiger partial charge in [0.25, 0.3) is 15.9 Å². The number of rotatable bonds is 5. The van der Waals surface area contributed by atoms with Crippen molar-refractivity contribution in [1.82, 2.24) is 4.90 Å². The van der Waals surface area contributed by atoms with E-state index < -0.39 is 10.0 Å². The average molecular weight is 388 g/mol. The number of aryl methyl sites for hydroxylation is 1.